The smallest absolute Gasteiger partial charge is 0.271 e. The van der Waals surface area contributed by atoms with Gasteiger partial charge in [-0.2, -0.15) is 5.10 Å². The van der Waals surface area contributed by atoms with Gasteiger partial charge in [-0.25, -0.2) is 0 Å². The zero-order valence-corrected chi connectivity index (χ0v) is 17.4. The highest BCUT2D eigenvalue weighted by atomic mass is 16.2. The molecule has 0 saturated carbocycles. The normalized spacial score (nSPS) is 23.5. The van der Waals surface area contributed by atoms with Gasteiger partial charge in [0.25, 0.3) is 5.91 Å². The molecule has 2 atom stereocenters. The van der Waals surface area contributed by atoms with E-state index in [9.17, 15) is 9.59 Å². The van der Waals surface area contributed by atoms with Crippen LogP contribution >= 0.6 is 0 Å². The van der Waals surface area contributed by atoms with Crippen molar-refractivity contribution in [2.24, 2.45) is 11.3 Å². The SMILES string of the molecule is CN(C)C[C@@]12CN(C(=O)/C=C/c3ccccc3)C[C@@H]1CN(C(=O)c1cc(N)n[nH]1)C2. The highest BCUT2D eigenvalue weighted by Gasteiger charge is 2.54. The molecule has 0 aliphatic carbocycles. The molecule has 1 aromatic carbocycles. The molecule has 8 heteroatoms. The number of hydrogen-bond donors (Lipinski definition) is 2. The van der Waals surface area contributed by atoms with E-state index < -0.39 is 0 Å². The minimum atomic E-state index is -0.138. The van der Waals surface area contributed by atoms with E-state index in [1.54, 1.807) is 12.1 Å². The number of hydrogen-bond acceptors (Lipinski definition) is 5. The largest absolute Gasteiger partial charge is 0.382 e. The first kappa shape index (κ1) is 20.2. The third-order valence-corrected chi connectivity index (χ3v) is 6.04. The Bertz CT molecular complexity index is 954. The Morgan fingerprint density at radius 3 is 2.60 bits per heavy atom. The van der Waals surface area contributed by atoms with Crippen molar-refractivity contribution in [3.8, 4) is 0 Å². The lowest BCUT2D eigenvalue weighted by molar-refractivity contribution is -0.125. The number of aromatic amines is 1. The molecule has 2 amide bonds. The number of amides is 2. The van der Waals surface area contributed by atoms with Gasteiger partial charge in [0.05, 0.1) is 0 Å². The Morgan fingerprint density at radius 2 is 1.93 bits per heavy atom. The van der Waals surface area contributed by atoms with Gasteiger partial charge in [0.1, 0.15) is 11.5 Å². The van der Waals surface area contributed by atoms with Gasteiger partial charge in [0.2, 0.25) is 5.91 Å². The number of nitrogen functional groups attached to an aromatic ring is 1. The molecule has 158 valence electrons. The molecule has 3 N–H and O–H groups in total. The Kier molecular flexibility index (Phi) is 5.34. The quantitative estimate of drug-likeness (QED) is 0.724. The molecular formula is C22H28N6O2. The molecule has 0 spiro atoms. The standard InChI is InChI=1S/C22H28N6O2/c1-26(2)13-22-14-27(20(29)9-8-16-6-4-3-5-7-16)11-17(22)12-28(15-22)21(30)18-10-19(23)25-24-18/h3-10,17H,11-15H2,1-2H3,(H3,23,24,25)/b9-8+/t17-,22+/m1/s1. The summed E-state index contributed by atoms with van der Waals surface area (Å²) in [6, 6.07) is 11.4. The number of carbonyl (C=O) groups is 2. The molecule has 30 heavy (non-hydrogen) atoms. The van der Waals surface area contributed by atoms with Crippen molar-refractivity contribution < 1.29 is 9.59 Å². The van der Waals surface area contributed by atoms with Crippen molar-refractivity contribution in [2.75, 3.05) is 52.6 Å². The number of aromatic nitrogens is 2. The third-order valence-electron chi connectivity index (χ3n) is 6.04. The van der Waals surface area contributed by atoms with Gasteiger partial charge in [-0.15, -0.1) is 0 Å². The van der Waals surface area contributed by atoms with Gasteiger partial charge in [-0.3, -0.25) is 14.7 Å². The number of carbonyl (C=O) groups excluding carboxylic acids is 2. The Hall–Kier alpha value is -3.13. The van der Waals surface area contributed by atoms with E-state index in [-0.39, 0.29) is 23.1 Å². The van der Waals surface area contributed by atoms with E-state index >= 15 is 0 Å². The summed E-state index contributed by atoms with van der Waals surface area (Å²) in [7, 11) is 4.07. The number of nitrogens with zero attached hydrogens (tertiary/aromatic N) is 4. The minimum Gasteiger partial charge on any atom is -0.382 e. The van der Waals surface area contributed by atoms with Crippen LogP contribution < -0.4 is 5.73 Å². The van der Waals surface area contributed by atoms with Crippen LogP contribution in [0.2, 0.25) is 0 Å². The fourth-order valence-corrected chi connectivity index (χ4v) is 4.81. The summed E-state index contributed by atoms with van der Waals surface area (Å²) in [5.74, 6) is 0.472. The van der Waals surface area contributed by atoms with Crippen LogP contribution in [0.1, 0.15) is 16.1 Å². The number of anilines is 1. The number of rotatable bonds is 5. The van der Waals surface area contributed by atoms with Gasteiger partial charge in [0, 0.05) is 56.2 Å². The lowest BCUT2D eigenvalue weighted by Gasteiger charge is -2.31. The van der Waals surface area contributed by atoms with Gasteiger partial charge >= 0.3 is 0 Å². The molecule has 0 radical (unpaired) electrons. The first-order valence-electron chi connectivity index (χ1n) is 10.1. The molecule has 2 fully saturated rings. The highest BCUT2D eigenvalue weighted by molar-refractivity contribution is 5.94. The second-order valence-electron chi connectivity index (χ2n) is 8.65. The van der Waals surface area contributed by atoms with Crippen molar-refractivity contribution in [1.82, 2.24) is 24.9 Å². The molecule has 0 bridgehead atoms. The van der Waals surface area contributed by atoms with Crippen molar-refractivity contribution >= 4 is 23.7 Å². The Balaban J connectivity index is 1.48. The predicted octanol–water partition coefficient (Wildman–Crippen LogP) is 1.17. The maximum absolute atomic E-state index is 12.9. The van der Waals surface area contributed by atoms with E-state index in [2.05, 4.69) is 15.1 Å². The first-order chi connectivity index (χ1) is 14.4. The number of nitrogens with one attached hydrogen (secondary N) is 1. The summed E-state index contributed by atoms with van der Waals surface area (Å²) >= 11 is 0. The van der Waals surface area contributed by atoms with Crippen molar-refractivity contribution in [3.05, 3.63) is 53.7 Å². The molecule has 1 aromatic heterocycles. The van der Waals surface area contributed by atoms with Gasteiger partial charge < -0.3 is 20.4 Å². The van der Waals surface area contributed by atoms with E-state index in [0.717, 1.165) is 12.1 Å². The highest BCUT2D eigenvalue weighted by Crippen LogP contribution is 2.43. The van der Waals surface area contributed by atoms with Crippen LogP contribution in [0.3, 0.4) is 0 Å². The van der Waals surface area contributed by atoms with Gasteiger partial charge in [0.15, 0.2) is 0 Å². The van der Waals surface area contributed by atoms with Crippen LogP contribution in [0, 0.1) is 11.3 Å². The fourth-order valence-electron chi connectivity index (χ4n) is 4.81. The number of likely N-dealkylation sites (tertiary alicyclic amines) is 2. The monoisotopic (exact) mass is 408 g/mol. The third kappa shape index (κ3) is 3.95. The van der Waals surface area contributed by atoms with Gasteiger partial charge in [-0.05, 0) is 25.7 Å². The zero-order chi connectivity index (χ0) is 21.3. The number of fused-ring (bicyclic) bond motifs is 1. The Morgan fingerprint density at radius 1 is 1.23 bits per heavy atom. The lowest BCUT2D eigenvalue weighted by Crippen LogP contribution is -2.43. The summed E-state index contributed by atoms with van der Waals surface area (Å²) in [6.45, 7) is 3.35. The molecule has 3 heterocycles. The number of benzene rings is 1. The van der Waals surface area contributed by atoms with E-state index in [4.69, 9.17) is 5.73 Å². The fraction of sp³-hybridized carbons (Fsp3) is 0.409. The summed E-state index contributed by atoms with van der Waals surface area (Å²) in [5.41, 5.74) is 6.92. The van der Waals surface area contributed by atoms with Crippen LogP contribution in [0.15, 0.2) is 42.5 Å². The summed E-state index contributed by atoms with van der Waals surface area (Å²) in [5, 5.41) is 6.57. The summed E-state index contributed by atoms with van der Waals surface area (Å²) in [4.78, 5) is 31.6. The van der Waals surface area contributed by atoms with Crippen molar-refractivity contribution in [2.45, 2.75) is 0 Å². The zero-order valence-electron chi connectivity index (χ0n) is 17.4. The number of nitrogens with two attached hydrogens (primary N) is 1. The van der Waals surface area contributed by atoms with Crippen LogP contribution in [-0.4, -0.2) is 83.5 Å². The van der Waals surface area contributed by atoms with Crippen molar-refractivity contribution in [1.29, 1.82) is 0 Å². The predicted molar refractivity (Wildman–Crippen MR) is 115 cm³/mol. The van der Waals surface area contributed by atoms with E-state index in [1.165, 1.54) is 0 Å². The van der Waals surface area contributed by atoms with Crippen molar-refractivity contribution in [3.63, 3.8) is 0 Å². The average Bonchev–Trinajstić information content (AvgIpc) is 3.38. The van der Waals surface area contributed by atoms with E-state index in [0.29, 0.717) is 37.7 Å². The van der Waals surface area contributed by atoms with Gasteiger partial charge in [-0.1, -0.05) is 30.3 Å². The molecule has 2 aromatic rings. The molecular weight excluding hydrogens is 380 g/mol. The lowest BCUT2D eigenvalue weighted by atomic mass is 9.80. The topological polar surface area (TPSA) is 98.6 Å². The van der Waals surface area contributed by atoms with E-state index in [1.807, 2.05) is 60.3 Å². The Labute approximate surface area is 176 Å². The van der Waals surface area contributed by atoms with Crippen LogP contribution in [0.25, 0.3) is 6.08 Å². The average molecular weight is 409 g/mol. The molecule has 0 unspecified atom stereocenters. The molecule has 2 saturated heterocycles. The maximum atomic E-state index is 12.9. The second-order valence-corrected chi connectivity index (χ2v) is 8.65. The molecule has 8 nitrogen and oxygen atoms in total. The maximum Gasteiger partial charge on any atom is 0.271 e. The summed E-state index contributed by atoms with van der Waals surface area (Å²) < 4.78 is 0. The van der Waals surface area contributed by atoms with Crippen LogP contribution in [0.4, 0.5) is 5.82 Å². The number of H-pyrrole nitrogens is 1. The summed E-state index contributed by atoms with van der Waals surface area (Å²) in [6.07, 6.45) is 3.50. The minimum absolute atomic E-state index is 0.0191. The molecule has 4 rings (SSSR count). The molecule has 2 aliphatic rings. The van der Waals surface area contributed by atoms with Crippen LogP contribution in [0.5, 0.6) is 0 Å². The molecule has 2 aliphatic heterocycles. The first-order valence-corrected chi connectivity index (χ1v) is 10.1. The second kappa shape index (κ2) is 7.95. The van der Waals surface area contributed by atoms with Crippen LogP contribution in [-0.2, 0) is 4.79 Å².